The fraction of sp³-hybridized carbons (Fsp3) is 0.667. The van der Waals surface area contributed by atoms with Gasteiger partial charge in [0.05, 0.1) is 10.2 Å². The van der Waals surface area contributed by atoms with E-state index in [2.05, 4.69) is 38.1 Å². The number of hydrogen-bond donors (Lipinski definition) is 1. The Morgan fingerprint density at radius 2 is 1.95 bits per heavy atom. The minimum absolute atomic E-state index is 0.348. The first-order valence-electron chi connectivity index (χ1n) is 6.30. The van der Waals surface area contributed by atoms with Crippen LogP contribution in [0.4, 0.5) is 5.82 Å². The summed E-state index contributed by atoms with van der Waals surface area (Å²) < 4.78 is 24.1. The molecular weight excluding hydrogens is 330 g/mol. The Balaban J connectivity index is 3.27. The Hall–Kier alpha value is -0.690. The SMILES string of the molecule is CCCNc1nc(C(C)S(C)(=O)=O)nc(CC)c1Br. The smallest absolute Gasteiger partial charge is 0.157 e. The molecule has 0 amide bonds. The molecule has 19 heavy (non-hydrogen) atoms. The Bertz CT molecular complexity index is 546. The number of anilines is 1. The van der Waals surface area contributed by atoms with Gasteiger partial charge in [0.15, 0.2) is 9.84 Å². The summed E-state index contributed by atoms with van der Waals surface area (Å²) in [7, 11) is -3.20. The van der Waals surface area contributed by atoms with Crippen LogP contribution in [-0.4, -0.2) is 31.2 Å². The summed E-state index contributed by atoms with van der Waals surface area (Å²) in [4.78, 5) is 8.69. The van der Waals surface area contributed by atoms with Gasteiger partial charge in [-0.2, -0.15) is 0 Å². The van der Waals surface area contributed by atoms with Crippen molar-refractivity contribution in [3.63, 3.8) is 0 Å². The zero-order chi connectivity index (χ0) is 14.6. The van der Waals surface area contributed by atoms with Gasteiger partial charge in [-0.1, -0.05) is 13.8 Å². The Labute approximate surface area is 123 Å². The molecule has 1 N–H and O–H groups in total. The highest BCUT2D eigenvalue weighted by Crippen LogP contribution is 2.27. The van der Waals surface area contributed by atoms with Gasteiger partial charge in [0, 0.05) is 12.8 Å². The minimum Gasteiger partial charge on any atom is -0.369 e. The summed E-state index contributed by atoms with van der Waals surface area (Å²) in [5.41, 5.74) is 0.819. The molecule has 1 heterocycles. The van der Waals surface area contributed by atoms with Crippen LogP contribution in [0.5, 0.6) is 0 Å². The second kappa shape index (κ2) is 6.65. The molecule has 5 nitrogen and oxygen atoms in total. The highest BCUT2D eigenvalue weighted by atomic mass is 79.9. The van der Waals surface area contributed by atoms with Crippen molar-refractivity contribution in [1.29, 1.82) is 0 Å². The van der Waals surface area contributed by atoms with Gasteiger partial charge >= 0.3 is 0 Å². The number of nitrogens with one attached hydrogen (secondary N) is 1. The largest absolute Gasteiger partial charge is 0.369 e. The lowest BCUT2D eigenvalue weighted by atomic mass is 10.3. The van der Waals surface area contributed by atoms with Crippen LogP contribution >= 0.6 is 15.9 Å². The number of halogens is 1. The van der Waals surface area contributed by atoms with Crippen LogP contribution in [0.2, 0.25) is 0 Å². The van der Waals surface area contributed by atoms with Crippen molar-refractivity contribution in [2.75, 3.05) is 18.1 Å². The van der Waals surface area contributed by atoms with E-state index in [4.69, 9.17) is 0 Å². The van der Waals surface area contributed by atoms with Crippen molar-refractivity contribution in [1.82, 2.24) is 9.97 Å². The van der Waals surface area contributed by atoms with E-state index >= 15 is 0 Å². The Morgan fingerprint density at radius 1 is 1.32 bits per heavy atom. The van der Waals surface area contributed by atoms with Crippen LogP contribution in [0.3, 0.4) is 0 Å². The third-order valence-electron chi connectivity index (χ3n) is 2.82. The van der Waals surface area contributed by atoms with Crippen LogP contribution < -0.4 is 5.32 Å². The monoisotopic (exact) mass is 349 g/mol. The van der Waals surface area contributed by atoms with Gasteiger partial charge in [-0.3, -0.25) is 0 Å². The van der Waals surface area contributed by atoms with Crippen molar-refractivity contribution in [2.24, 2.45) is 0 Å². The van der Waals surface area contributed by atoms with Crippen LogP contribution in [-0.2, 0) is 16.3 Å². The lowest BCUT2D eigenvalue weighted by Crippen LogP contribution is -2.15. The van der Waals surface area contributed by atoms with Crippen molar-refractivity contribution >= 4 is 31.6 Å². The zero-order valence-corrected chi connectivity index (χ0v) is 14.1. The topological polar surface area (TPSA) is 72.0 Å². The predicted molar refractivity (Wildman–Crippen MR) is 81.1 cm³/mol. The molecule has 0 fully saturated rings. The molecule has 0 saturated carbocycles. The summed E-state index contributed by atoms with van der Waals surface area (Å²) in [6, 6.07) is 0. The highest BCUT2D eigenvalue weighted by Gasteiger charge is 2.22. The summed E-state index contributed by atoms with van der Waals surface area (Å²) in [6.07, 6.45) is 2.89. The first kappa shape index (κ1) is 16.4. The van der Waals surface area contributed by atoms with E-state index in [-0.39, 0.29) is 0 Å². The molecule has 0 aliphatic rings. The van der Waals surface area contributed by atoms with Crippen molar-refractivity contribution in [2.45, 2.75) is 38.9 Å². The summed E-state index contributed by atoms with van der Waals surface area (Å²) >= 11 is 3.47. The lowest BCUT2D eigenvalue weighted by Gasteiger charge is -2.14. The number of hydrogen-bond acceptors (Lipinski definition) is 5. The van der Waals surface area contributed by atoms with Crippen molar-refractivity contribution < 1.29 is 8.42 Å². The first-order valence-corrected chi connectivity index (χ1v) is 9.05. The minimum atomic E-state index is -3.20. The van der Waals surface area contributed by atoms with Gasteiger partial charge in [-0.25, -0.2) is 18.4 Å². The summed E-state index contributed by atoms with van der Waals surface area (Å²) in [6.45, 7) is 6.43. The molecule has 1 aromatic rings. The molecule has 1 atom stereocenters. The van der Waals surface area contributed by atoms with E-state index in [0.29, 0.717) is 18.1 Å². The van der Waals surface area contributed by atoms with E-state index < -0.39 is 15.1 Å². The molecule has 0 aromatic carbocycles. The van der Waals surface area contributed by atoms with Gasteiger partial charge in [0.1, 0.15) is 16.9 Å². The quantitative estimate of drug-likeness (QED) is 0.854. The van der Waals surface area contributed by atoms with Crippen molar-refractivity contribution in [3.8, 4) is 0 Å². The zero-order valence-electron chi connectivity index (χ0n) is 11.7. The molecule has 7 heteroatoms. The molecule has 108 valence electrons. The maximum absolute atomic E-state index is 11.6. The number of aromatic nitrogens is 2. The number of nitrogens with zero attached hydrogens (tertiary/aromatic N) is 2. The molecule has 0 spiro atoms. The second-order valence-electron chi connectivity index (χ2n) is 4.44. The third kappa shape index (κ3) is 4.14. The average molecular weight is 350 g/mol. The molecule has 1 aromatic heterocycles. The maximum atomic E-state index is 11.6. The molecular formula is C12H20BrN3O2S. The summed E-state index contributed by atoms with van der Waals surface area (Å²) in [5.74, 6) is 1.01. The number of sulfone groups is 1. The van der Waals surface area contributed by atoms with E-state index in [0.717, 1.165) is 23.1 Å². The van der Waals surface area contributed by atoms with Gasteiger partial charge in [0.2, 0.25) is 0 Å². The molecule has 0 saturated heterocycles. The van der Waals surface area contributed by atoms with Crippen LogP contribution in [0.25, 0.3) is 0 Å². The standard InChI is InChI=1S/C12H20BrN3O2S/c1-5-7-14-12-10(13)9(6-2)15-11(16-12)8(3)19(4,17)18/h8H,5-7H2,1-4H3,(H,14,15,16). The van der Waals surface area contributed by atoms with E-state index in [1.165, 1.54) is 6.26 Å². The first-order chi connectivity index (χ1) is 8.81. The third-order valence-corrected chi connectivity index (χ3v) is 5.15. The fourth-order valence-electron chi connectivity index (χ4n) is 1.48. The van der Waals surface area contributed by atoms with Gasteiger partial charge in [0.25, 0.3) is 0 Å². The second-order valence-corrected chi connectivity index (χ2v) is 7.60. The maximum Gasteiger partial charge on any atom is 0.157 e. The molecule has 0 bridgehead atoms. The average Bonchev–Trinajstić information content (AvgIpc) is 2.35. The van der Waals surface area contributed by atoms with Crippen molar-refractivity contribution in [3.05, 3.63) is 16.0 Å². The Kier molecular flexibility index (Phi) is 5.73. The molecule has 0 aliphatic heterocycles. The number of aryl methyl sites for hydroxylation is 1. The van der Waals surface area contributed by atoms with E-state index in [1.54, 1.807) is 6.92 Å². The molecule has 0 aliphatic carbocycles. The molecule has 0 radical (unpaired) electrons. The predicted octanol–water partition coefficient (Wildman–Crippen LogP) is 2.73. The fourth-order valence-corrected chi connectivity index (χ4v) is 2.57. The van der Waals surface area contributed by atoms with Crippen LogP contribution in [0.15, 0.2) is 4.47 Å². The van der Waals surface area contributed by atoms with Crippen LogP contribution in [0, 0.1) is 0 Å². The molecule has 1 unspecified atom stereocenters. The van der Waals surface area contributed by atoms with E-state index in [1.807, 2.05) is 6.92 Å². The van der Waals surface area contributed by atoms with Crippen LogP contribution in [0.1, 0.15) is 44.0 Å². The normalized spacial score (nSPS) is 13.3. The highest BCUT2D eigenvalue weighted by molar-refractivity contribution is 9.10. The molecule has 1 rings (SSSR count). The van der Waals surface area contributed by atoms with Gasteiger partial charge < -0.3 is 5.32 Å². The Morgan fingerprint density at radius 3 is 2.42 bits per heavy atom. The summed E-state index contributed by atoms with van der Waals surface area (Å²) in [5, 5.41) is 2.49. The van der Waals surface area contributed by atoms with E-state index in [9.17, 15) is 8.42 Å². The van der Waals surface area contributed by atoms with Gasteiger partial charge in [-0.05, 0) is 35.7 Å². The lowest BCUT2D eigenvalue weighted by molar-refractivity contribution is 0.588. The van der Waals surface area contributed by atoms with Gasteiger partial charge in [-0.15, -0.1) is 0 Å². The number of rotatable bonds is 6.